The van der Waals surface area contributed by atoms with E-state index >= 15 is 0 Å². The van der Waals surface area contributed by atoms with E-state index in [0.29, 0.717) is 17.9 Å². The number of nitrogens with two attached hydrogens (primary N) is 1. The second-order valence-corrected chi connectivity index (χ2v) is 8.21. The predicted octanol–water partition coefficient (Wildman–Crippen LogP) is 1.06. The van der Waals surface area contributed by atoms with Gasteiger partial charge in [0, 0.05) is 25.6 Å². The molecule has 2 heterocycles. The van der Waals surface area contributed by atoms with Crippen molar-refractivity contribution in [2.75, 3.05) is 18.9 Å². The quantitative estimate of drug-likeness (QED) is 0.471. The average Bonchev–Trinajstić information content (AvgIpc) is 3.06. The van der Waals surface area contributed by atoms with E-state index in [1.807, 2.05) is 26.8 Å². The van der Waals surface area contributed by atoms with Crippen molar-refractivity contribution in [2.45, 2.75) is 45.8 Å². The normalized spacial score (nSPS) is 13.9. The highest BCUT2D eigenvalue weighted by Crippen LogP contribution is 2.41. The third-order valence-electron chi connectivity index (χ3n) is 5.07. The number of carbonyl (C=O) groups is 2. The lowest BCUT2D eigenvalue weighted by atomic mass is 10.0. The maximum Gasteiger partial charge on any atom is 0.344 e. The standard InChI is InChI=1S/C22H27N3O7/c1-5-9-25-19(23)17(20(28)24(4)21(25)29)14(26)11-31-16(27)12-30-15-8-6-7-13-10-22(2,3)32-18(13)15/h6-8H,5,9-12,23H2,1-4H3. The number of nitrogens with zero attached hydrogens (tertiary/aromatic N) is 2. The first-order chi connectivity index (χ1) is 15.1. The summed E-state index contributed by atoms with van der Waals surface area (Å²) in [7, 11) is 1.26. The van der Waals surface area contributed by atoms with Crippen LogP contribution in [0.1, 0.15) is 43.1 Å². The Morgan fingerprint density at radius 3 is 2.62 bits per heavy atom. The van der Waals surface area contributed by atoms with Crippen LogP contribution in [0.2, 0.25) is 0 Å². The van der Waals surface area contributed by atoms with Crippen LogP contribution < -0.4 is 26.5 Å². The van der Waals surface area contributed by atoms with Crippen LogP contribution in [0.4, 0.5) is 5.82 Å². The monoisotopic (exact) mass is 445 g/mol. The highest BCUT2D eigenvalue weighted by molar-refractivity contribution is 6.01. The highest BCUT2D eigenvalue weighted by Gasteiger charge is 2.32. The van der Waals surface area contributed by atoms with Crippen LogP contribution in [0.15, 0.2) is 27.8 Å². The molecule has 0 radical (unpaired) electrons. The summed E-state index contributed by atoms with van der Waals surface area (Å²) in [5.74, 6) is -0.855. The first kappa shape index (κ1) is 23.1. The number of hydrogen-bond acceptors (Lipinski definition) is 8. The topological polar surface area (TPSA) is 132 Å². The van der Waals surface area contributed by atoms with Crippen molar-refractivity contribution < 1.29 is 23.8 Å². The Labute approximate surface area is 184 Å². The van der Waals surface area contributed by atoms with Gasteiger partial charge in [0.1, 0.15) is 17.0 Å². The van der Waals surface area contributed by atoms with Crippen molar-refractivity contribution in [3.05, 3.63) is 50.2 Å². The van der Waals surface area contributed by atoms with Gasteiger partial charge in [0.2, 0.25) is 5.78 Å². The van der Waals surface area contributed by atoms with Gasteiger partial charge in [-0.25, -0.2) is 9.59 Å². The molecular weight excluding hydrogens is 418 g/mol. The smallest absolute Gasteiger partial charge is 0.344 e. The maximum absolute atomic E-state index is 12.6. The van der Waals surface area contributed by atoms with Gasteiger partial charge in [-0.2, -0.15) is 0 Å². The Morgan fingerprint density at radius 1 is 1.22 bits per heavy atom. The SMILES string of the molecule is CCCn1c(N)c(C(=O)COC(=O)COc2cccc3c2OC(C)(C)C3)c(=O)n(C)c1=O. The molecule has 2 N–H and O–H groups in total. The van der Waals surface area contributed by atoms with Gasteiger partial charge in [-0.3, -0.25) is 18.7 Å². The van der Waals surface area contributed by atoms with Crippen LogP contribution in [0, 0.1) is 0 Å². The lowest BCUT2D eigenvalue weighted by Crippen LogP contribution is -2.43. The summed E-state index contributed by atoms with van der Waals surface area (Å²) in [6.07, 6.45) is 1.29. The minimum atomic E-state index is -0.836. The summed E-state index contributed by atoms with van der Waals surface area (Å²) in [5, 5.41) is 0. The van der Waals surface area contributed by atoms with E-state index in [9.17, 15) is 19.2 Å². The average molecular weight is 445 g/mol. The van der Waals surface area contributed by atoms with Crippen LogP contribution in [0.5, 0.6) is 11.5 Å². The lowest BCUT2D eigenvalue weighted by Gasteiger charge is -2.18. The molecule has 1 aliphatic rings. The molecule has 0 unspecified atom stereocenters. The van der Waals surface area contributed by atoms with Gasteiger partial charge in [-0.15, -0.1) is 0 Å². The van der Waals surface area contributed by atoms with Gasteiger partial charge >= 0.3 is 11.7 Å². The molecule has 0 aliphatic carbocycles. The van der Waals surface area contributed by atoms with Crippen molar-refractivity contribution >= 4 is 17.6 Å². The molecule has 1 aliphatic heterocycles. The van der Waals surface area contributed by atoms with Crippen molar-refractivity contribution in [2.24, 2.45) is 7.05 Å². The summed E-state index contributed by atoms with van der Waals surface area (Å²) in [4.78, 5) is 49.3. The molecule has 0 atom stereocenters. The summed E-state index contributed by atoms with van der Waals surface area (Å²) in [6.45, 7) is 4.83. The van der Waals surface area contributed by atoms with Gasteiger partial charge in [-0.05, 0) is 26.3 Å². The van der Waals surface area contributed by atoms with E-state index < -0.39 is 36.2 Å². The number of hydrogen-bond donors (Lipinski definition) is 1. The second-order valence-electron chi connectivity index (χ2n) is 8.21. The van der Waals surface area contributed by atoms with Crippen molar-refractivity contribution in [3.8, 4) is 11.5 Å². The Bertz CT molecular complexity index is 1180. The molecule has 0 spiro atoms. The molecule has 0 amide bonds. The van der Waals surface area contributed by atoms with Crippen LogP contribution in [-0.4, -0.2) is 39.7 Å². The second kappa shape index (κ2) is 8.89. The van der Waals surface area contributed by atoms with Gasteiger partial charge in [-0.1, -0.05) is 19.1 Å². The van der Waals surface area contributed by atoms with Gasteiger partial charge in [0.15, 0.2) is 24.7 Å². The Hall–Kier alpha value is -3.56. The molecule has 32 heavy (non-hydrogen) atoms. The van der Waals surface area contributed by atoms with E-state index in [1.54, 1.807) is 12.1 Å². The van der Waals surface area contributed by atoms with Crippen LogP contribution in [0.3, 0.4) is 0 Å². The molecule has 0 saturated heterocycles. The molecule has 1 aromatic heterocycles. The van der Waals surface area contributed by atoms with Crippen LogP contribution in [-0.2, 0) is 29.5 Å². The molecule has 0 bridgehead atoms. The number of aromatic nitrogens is 2. The Balaban J connectivity index is 1.66. The fourth-order valence-electron chi connectivity index (χ4n) is 3.58. The third kappa shape index (κ3) is 4.53. The van der Waals surface area contributed by atoms with Gasteiger partial charge in [0.25, 0.3) is 5.56 Å². The minimum Gasteiger partial charge on any atom is -0.483 e. The third-order valence-corrected chi connectivity index (χ3v) is 5.07. The van der Waals surface area contributed by atoms with E-state index in [4.69, 9.17) is 19.9 Å². The highest BCUT2D eigenvalue weighted by atomic mass is 16.6. The zero-order chi connectivity index (χ0) is 23.6. The number of carbonyl (C=O) groups excluding carboxylic acids is 2. The first-order valence-electron chi connectivity index (χ1n) is 10.3. The predicted molar refractivity (Wildman–Crippen MR) is 116 cm³/mol. The fraction of sp³-hybridized carbons (Fsp3) is 0.455. The van der Waals surface area contributed by atoms with Crippen molar-refractivity contribution in [1.82, 2.24) is 9.13 Å². The molecule has 0 fully saturated rings. The van der Waals surface area contributed by atoms with E-state index in [1.165, 1.54) is 7.05 Å². The first-order valence-corrected chi connectivity index (χ1v) is 10.3. The summed E-state index contributed by atoms with van der Waals surface area (Å²) in [5.41, 5.74) is 4.68. The fourth-order valence-corrected chi connectivity index (χ4v) is 3.58. The van der Waals surface area contributed by atoms with Crippen LogP contribution in [0.25, 0.3) is 0 Å². The molecule has 1 aromatic carbocycles. The van der Waals surface area contributed by atoms with Crippen molar-refractivity contribution in [1.29, 1.82) is 0 Å². The number of benzene rings is 1. The number of ether oxygens (including phenoxy) is 3. The molecule has 10 nitrogen and oxygen atoms in total. The largest absolute Gasteiger partial charge is 0.483 e. The number of esters is 1. The van der Waals surface area contributed by atoms with E-state index in [2.05, 4.69) is 0 Å². The zero-order valence-corrected chi connectivity index (χ0v) is 18.6. The van der Waals surface area contributed by atoms with E-state index in [-0.39, 0.29) is 23.5 Å². The lowest BCUT2D eigenvalue weighted by molar-refractivity contribution is -0.144. The van der Waals surface area contributed by atoms with Crippen LogP contribution >= 0.6 is 0 Å². The number of Topliss-reactive ketones (excluding diaryl/α,β-unsaturated/α-hetero) is 1. The maximum atomic E-state index is 12.6. The molecular formula is C22H27N3O7. The number of nitrogen functional groups attached to an aromatic ring is 1. The van der Waals surface area contributed by atoms with E-state index in [0.717, 1.165) is 21.1 Å². The number of rotatable bonds is 8. The summed E-state index contributed by atoms with van der Waals surface area (Å²) in [6, 6.07) is 5.41. The molecule has 10 heteroatoms. The Kier molecular flexibility index (Phi) is 6.42. The number of anilines is 1. The van der Waals surface area contributed by atoms with Crippen molar-refractivity contribution in [3.63, 3.8) is 0 Å². The van der Waals surface area contributed by atoms with Gasteiger partial charge in [0.05, 0.1) is 0 Å². The molecule has 3 rings (SSSR count). The summed E-state index contributed by atoms with van der Waals surface area (Å²) < 4.78 is 18.3. The number of fused-ring (bicyclic) bond motifs is 1. The molecule has 172 valence electrons. The molecule has 2 aromatic rings. The number of para-hydroxylation sites is 1. The minimum absolute atomic E-state index is 0.239. The summed E-state index contributed by atoms with van der Waals surface area (Å²) >= 11 is 0. The van der Waals surface area contributed by atoms with Gasteiger partial charge < -0.3 is 19.9 Å². The number of ketones is 1. The zero-order valence-electron chi connectivity index (χ0n) is 18.6. The molecule has 0 saturated carbocycles. The Morgan fingerprint density at radius 2 is 1.94 bits per heavy atom.